The summed E-state index contributed by atoms with van der Waals surface area (Å²) >= 11 is 0. The molecule has 0 radical (unpaired) electrons. The molecular weight excluding hydrogens is 190 g/mol. The van der Waals surface area contributed by atoms with Gasteiger partial charge in [0.15, 0.2) is 0 Å². The second-order valence-corrected chi connectivity index (χ2v) is 4.29. The highest BCUT2D eigenvalue weighted by Gasteiger charge is 2.18. The third-order valence-electron chi connectivity index (χ3n) is 3.06. The topological polar surface area (TPSA) is 48.4 Å². The summed E-state index contributed by atoms with van der Waals surface area (Å²) in [5.74, 6) is 0.924. The number of hydrogen-bond donors (Lipinski definition) is 1. The average Bonchev–Trinajstić information content (AvgIpc) is 2.84. The predicted octanol–water partition coefficient (Wildman–Crippen LogP) is 2.55. The molecule has 0 bridgehead atoms. The molecule has 1 aromatic rings. The lowest BCUT2D eigenvalue weighted by atomic mass is 10.0. The van der Waals surface area contributed by atoms with E-state index in [1.165, 1.54) is 12.8 Å². The summed E-state index contributed by atoms with van der Waals surface area (Å²) in [5.41, 5.74) is 7.22. The van der Waals surface area contributed by atoms with E-state index < -0.39 is 0 Å². The molecule has 1 aliphatic rings. The average molecular weight is 209 g/mol. The number of furan rings is 1. The van der Waals surface area contributed by atoms with Crippen molar-refractivity contribution >= 4 is 0 Å². The van der Waals surface area contributed by atoms with E-state index in [1.807, 2.05) is 13.0 Å². The van der Waals surface area contributed by atoms with Gasteiger partial charge >= 0.3 is 0 Å². The van der Waals surface area contributed by atoms with Gasteiger partial charge in [-0.3, -0.25) is 0 Å². The van der Waals surface area contributed by atoms with Gasteiger partial charge in [0.25, 0.3) is 0 Å². The zero-order valence-corrected chi connectivity index (χ0v) is 9.24. The second-order valence-electron chi connectivity index (χ2n) is 4.29. The van der Waals surface area contributed by atoms with Crippen LogP contribution in [0.1, 0.15) is 43.0 Å². The van der Waals surface area contributed by atoms with Crippen molar-refractivity contribution in [1.29, 1.82) is 0 Å². The minimum Gasteiger partial charge on any atom is -0.467 e. The molecule has 2 rings (SSSR count). The summed E-state index contributed by atoms with van der Waals surface area (Å²) in [6.45, 7) is 2.95. The quantitative estimate of drug-likeness (QED) is 0.829. The van der Waals surface area contributed by atoms with E-state index in [1.54, 1.807) is 6.26 Å². The van der Waals surface area contributed by atoms with Crippen molar-refractivity contribution in [3.63, 3.8) is 0 Å². The van der Waals surface area contributed by atoms with Crippen LogP contribution >= 0.6 is 0 Å². The standard InChI is InChI=1S/C12H19NO2/c1-9-6-8-15-12(9)11(13)5-4-10-3-2-7-14-10/h6,8,10-11H,2-5,7,13H2,1H3. The lowest BCUT2D eigenvalue weighted by Gasteiger charge is -2.13. The molecule has 1 aliphatic heterocycles. The molecule has 0 amide bonds. The van der Waals surface area contributed by atoms with Gasteiger partial charge in [-0.05, 0) is 44.2 Å². The van der Waals surface area contributed by atoms with Crippen LogP contribution in [0, 0.1) is 6.92 Å². The maximum absolute atomic E-state index is 6.07. The lowest BCUT2D eigenvalue weighted by Crippen LogP contribution is -2.14. The van der Waals surface area contributed by atoms with Gasteiger partial charge in [0.1, 0.15) is 5.76 Å². The Kier molecular flexibility index (Phi) is 3.44. The molecule has 0 aliphatic carbocycles. The summed E-state index contributed by atoms with van der Waals surface area (Å²) in [5, 5.41) is 0. The highest BCUT2D eigenvalue weighted by Crippen LogP contribution is 2.24. The second kappa shape index (κ2) is 4.81. The molecule has 1 aromatic heterocycles. The van der Waals surface area contributed by atoms with Crippen molar-refractivity contribution in [2.75, 3.05) is 6.61 Å². The largest absolute Gasteiger partial charge is 0.467 e. The van der Waals surface area contributed by atoms with Crippen LogP contribution in [0.3, 0.4) is 0 Å². The third-order valence-corrected chi connectivity index (χ3v) is 3.06. The molecule has 15 heavy (non-hydrogen) atoms. The van der Waals surface area contributed by atoms with Crippen LogP contribution in [0.15, 0.2) is 16.7 Å². The van der Waals surface area contributed by atoms with E-state index >= 15 is 0 Å². The highest BCUT2D eigenvalue weighted by atomic mass is 16.5. The minimum absolute atomic E-state index is 0.0178. The SMILES string of the molecule is Cc1ccoc1C(N)CCC1CCCO1. The number of ether oxygens (including phenoxy) is 1. The first kappa shape index (κ1) is 10.7. The summed E-state index contributed by atoms with van der Waals surface area (Å²) in [6.07, 6.45) is 6.49. The molecule has 3 nitrogen and oxygen atoms in total. The van der Waals surface area contributed by atoms with Crippen molar-refractivity contribution in [3.8, 4) is 0 Å². The zero-order chi connectivity index (χ0) is 10.7. The number of hydrogen-bond acceptors (Lipinski definition) is 3. The molecule has 1 saturated heterocycles. The van der Waals surface area contributed by atoms with E-state index in [-0.39, 0.29) is 6.04 Å². The van der Waals surface area contributed by atoms with Crippen molar-refractivity contribution < 1.29 is 9.15 Å². The number of rotatable bonds is 4. The smallest absolute Gasteiger partial charge is 0.123 e. The Labute approximate surface area is 90.6 Å². The molecule has 2 N–H and O–H groups in total. The maximum Gasteiger partial charge on any atom is 0.123 e. The lowest BCUT2D eigenvalue weighted by molar-refractivity contribution is 0.100. The predicted molar refractivity (Wildman–Crippen MR) is 58.6 cm³/mol. The van der Waals surface area contributed by atoms with Crippen molar-refractivity contribution in [2.45, 2.75) is 44.8 Å². The van der Waals surface area contributed by atoms with Crippen molar-refractivity contribution in [3.05, 3.63) is 23.7 Å². The van der Waals surface area contributed by atoms with E-state index in [0.717, 1.165) is 30.8 Å². The molecule has 3 heteroatoms. The van der Waals surface area contributed by atoms with Gasteiger partial charge < -0.3 is 14.9 Å². The van der Waals surface area contributed by atoms with Crippen LogP contribution in [0.2, 0.25) is 0 Å². The van der Waals surface area contributed by atoms with Crippen LogP contribution < -0.4 is 5.73 Å². The Morgan fingerprint density at radius 3 is 3.07 bits per heavy atom. The van der Waals surface area contributed by atoms with Crippen LogP contribution in [-0.2, 0) is 4.74 Å². The van der Waals surface area contributed by atoms with Crippen LogP contribution in [-0.4, -0.2) is 12.7 Å². The van der Waals surface area contributed by atoms with Gasteiger partial charge in [-0.2, -0.15) is 0 Å². The van der Waals surface area contributed by atoms with E-state index in [4.69, 9.17) is 14.9 Å². The van der Waals surface area contributed by atoms with Crippen LogP contribution in [0.25, 0.3) is 0 Å². The monoisotopic (exact) mass is 209 g/mol. The fraction of sp³-hybridized carbons (Fsp3) is 0.667. The Balaban J connectivity index is 1.81. The summed E-state index contributed by atoms with van der Waals surface area (Å²) < 4.78 is 10.9. The molecule has 2 heterocycles. The van der Waals surface area contributed by atoms with Gasteiger partial charge in [-0.15, -0.1) is 0 Å². The van der Waals surface area contributed by atoms with Crippen LogP contribution in [0.5, 0.6) is 0 Å². The Morgan fingerprint density at radius 2 is 2.47 bits per heavy atom. The third kappa shape index (κ3) is 2.61. The van der Waals surface area contributed by atoms with Crippen LogP contribution in [0.4, 0.5) is 0 Å². The Bertz CT molecular complexity index is 302. The summed E-state index contributed by atoms with van der Waals surface area (Å²) in [7, 11) is 0. The van der Waals surface area contributed by atoms with Gasteiger partial charge in [0, 0.05) is 6.61 Å². The Morgan fingerprint density at radius 1 is 1.60 bits per heavy atom. The van der Waals surface area contributed by atoms with E-state index in [2.05, 4.69) is 0 Å². The van der Waals surface area contributed by atoms with E-state index in [9.17, 15) is 0 Å². The van der Waals surface area contributed by atoms with Gasteiger partial charge in [0.2, 0.25) is 0 Å². The van der Waals surface area contributed by atoms with Gasteiger partial charge in [0.05, 0.1) is 18.4 Å². The molecule has 0 saturated carbocycles. The Hall–Kier alpha value is -0.800. The molecule has 1 fully saturated rings. The first-order valence-electron chi connectivity index (χ1n) is 5.68. The summed E-state index contributed by atoms with van der Waals surface area (Å²) in [4.78, 5) is 0. The normalized spacial score (nSPS) is 23.2. The minimum atomic E-state index is 0.0178. The fourth-order valence-corrected chi connectivity index (χ4v) is 2.13. The molecular formula is C12H19NO2. The van der Waals surface area contributed by atoms with Gasteiger partial charge in [-0.1, -0.05) is 0 Å². The fourth-order valence-electron chi connectivity index (χ4n) is 2.13. The number of aryl methyl sites for hydroxylation is 1. The number of nitrogens with two attached hydrogens (primary N) is 1. The maximum atomic E-state index is 6.07. The van der Waals surface area contributed by atoms with Gasteiger partial charge in [-0.25, -0.2) is 0 Å². The molecule has 2 unspecified atom stereocenters. The van der Waals surface area contributed by atoms with E-state index in [0.29, 0.717) is 6.10 Å². The first-order valence-corrected chi connectivity index (χ1v) is 5.68. The highest BCUT2D eigenvalue weighted by molar-refractivity contribution is 5.17. The molecule has 84 valence electrons. The molecule has 2 atom stereocenters. The van der Waals surface area contributed by atoms with Crippen molar-refractivity contribution in [2.24, 2.45) is 5.73 Å². The first-order chi connectivity index (χ1) is 7.27. The molecule has 0 spiro atoms. The molecule has 0 aromatic carbocycles. The zero-order valence-electron chi connectivity index (χ0n) is 9.24. The summed E-state index contributed by atoms with van der Waals surface area (Å²) in [6, 6.07) is 1.98. The van der Waals surface area contributed by atoms with Crippen molar-refractivity contribution in [1.82, 2.24) is 0 Å².